The molecule has 0 saturated heterocycles. The van der Waals surface area contributed by atoms with E-state index in [4.69, 9.17) is 9.47 Å². The summed E-state index contributed by atoms with van der Waals surface area (Å²) < 4.78 is 12.8. The van der Waals surface area contributed by atoms with Gasteiger partial charge < -0.3 is 14.6 Å². The van der Waals surface area contributed by atoms with E-state index in [1.165, 1.54) is 28.7 Å². The number of benzene rings is 3. The van der Waals surface area contributed by atoms with E-state index in [-0.39, 0.29) is 17.4 Å². The number of hydrogen-bond donors (Lipinski definition) is 1. The lowest BCUT2D eigenvalue weighted by Gasteiger charge is -2.58. The minimum atomic E-state index is -0.821. The Balaban J connectivity index is 1.25. The van der Waals surface area contributed by atoms with Gasteiger partial charge in [0.1, 0.15) is 12.4 Å². The summed E-state index contributed by atoms with van der Waals surface area (Å²) in [6, 6.07) is 27.3. The van der Waals surface area contributed by atoms with Gasteiger partial charge in [0.15, 0.2) is 0 Å². The van der Waals surface area contributed by atoms with Gasteiger partial charge in [-0.25, -0.2) is 0 Å². The molecule has 3 aromatic carbocycles. The zero-order valence-corrected chi connectivity index (χ0v) is 22.5. The van der Waals surface area contributed by atoms with E-state index >= 15 is 0 Å². The van der Waals surface area contributed by atoms with E-state index in [1.807, 2.05) is 30.3 Å². The lowest BCUT2D eigenvalue weighted by Crippen LogP contribution is -2.56. The van der Waals surface area contributed by atoms with Crippen LogP contribution >= 0.6 is 0 Å². The van der Waals surface area contributed by atoms with Crippen molar-refractivity contribution >= 4 is 0 Å². The molecular formula is C35H40O3. The molecule has 1 N–H and O–H groups in total. The Labute approximate surface area is 227 Å². The number of hydrogen-bond acceptors (Lipinski definition) is 3. The SMILES string of the molecule is C=CC[C@]1(O)C[C@@]2(C)C(CC[C@@H]2OCc2ccccc2)C2CCc3cc(OCc4ccccc4)ccc3C21. The second kappa shape index (κ2) is 10.4. The first kappa shape index (κ1) is 25.4. The fourth-order valence-corrected chi connectivity index (χ4v) is 8.21. The predicted octanol–water partition coefficient (Wildman–Crippen LogP) is 7.62. The number of ether oxygens (including phenoxy) is 2. The monoisotopic (exact) mass is 508 g/mol. The van der Waals surface area contributed by atoms with Gasteiger partial charge in [0.05, 0.1) is 18.3 Å². The Hall–Kier alpha value is -2.88. The summed E-state index contributed by atoms with van der Waals surface area (Å²) in [5.41, 5.74) is 4.17. The van der Waals surface area contributed by atoms with Crippen molar-refractivity contribution in [1.82, 2.24) is 0 Å². The molecule has 3 heteroatoms. The molecule has 3 nitrogen and oxygen atoms in total. The van der Waals surface area contributed by atoms with Gasteiger partial charge in [-0.2, -0.15) is 0 Å². The molecule has 0 spiro atoms. The summed E-state index contributed by atoms with van der Waals surface area (Å²) in [5.74, 6) is 2.04. The molecular weight excluding hydrogens is 468 g/mol. The van der Waals surface area contributed by atoms with Crippen molar-refractivity contribution in [3.63, 3.8) is 0 Å². The molecule has 0 amide bonds. The minimum Gasteiger partial charge on any atom is -0.489 e. The van der Waals surface area contributed by atoms with Crippen LogP contribution in [0.4, 0.5) is 0 Å². The molecule has 0 bridgehead atoms. The van der Waals surface area contributed by atoms with E-state index in [0.717, 1.165) is 31.4 Å². The minimum absolute atomic E-state index is 0.0378. The number of rotatable bonds is 8. The summed E-state index contributed by atoms with van der Waals surface area (Å²) in [6.45, 7) is 7.64. The van der Waals surface area contributed by atoms with E-state index in [2.05, 4.69) is 68.1 Å². The number of aryl methyl sites for hydroxylation is 1. The fraction of sp³-hybridized carbons (Fsp3) is 0.429. The van der Waals surface area contributed by atoms with Crippen molar-refractivity contribution in [3.05, 3.63) is 114 Å². The Bertz CT molecular complexity index is 1250. The first-order chi connectivity index (χ1) is 18.5. The average Bonchev–Trinajstić information content (AvgIpc) is 3.26. The van der Waals surface area contributed by atoms with Gasteiger partial charge in [-0.05, 0) is 90.2 Å². The average molecular weight is 509 g/mol. The zero-order valence-electron chi connectivity index (χ0n) is 22.5. The van der Waals surface area contributed by atoms with Crippen LogP contribution in [-0.2, 0) is 24.4 Å². The van der Waals surface area contributed by atoms with Crippen LogP contribution in [0.2, 0.25) is 0 Å². The summed E-state index contributed by atoms with van der Waals surface area (Å²) in [6.07, 6.45) is 7.82. The Morgan fingerprint density at radius 2 is 1.63 bits per heavy atom. The highest BCUT2D eigenvalue weighted by Gasteiger charge is 2.62. The largest absolute Gasteiger partial charge is 0.489 e. The fourth-order valence-electron chi connectivity index (χ4n) is 8.21. The molecule has 0 radical (unpaired) electrons. The highest BCUT2D eigenvalue weighted by molar-refractivity contribution is 5.43. The molecule has 2 saturated carbocycles. The van der Waals surface area contributed by atoms with Crippen molar-refractivity contribution in [1.29, 1.82) is 0 Å². The Morgan fingerprint density at radius 3 is 2.34 bits per heavy atom. The van der Waals surface area contributed by atoms with Crippen LogP contribution in [0.15, 0.2) is 91.5 Å². The number of fused-ring (bicyclic) bond motifs is 5. The third-order valence-corrected chi connectivity index (χ3v) is 9.77. The highest BCUT2D eigenvalue weighted by atomic mass is 16.5. The standard InChI is InChI=1S/C35H40O3/c1-3-20-35(36)24-34(2)31(18-19-32(34)38-23-26-12-8-5-9-13-26)30-16-14-27-21-28(15-17-29(27)33(30)35)37-22-25-10-6-4-7-11-25/h3-13,15,17,21,30-33,36H,1,14,16,18-20,22-24H2,2H3/t30?,31?,32-,33?,34-,35-/m0/s1. The molecule has 2 fully saturated rings. The third-order valence-electron chi connectivity index (χ3n) is 9.77. The van der Waals surface area contributed by atoms with Crippen LogP contribution in [0.1, 0.15) is 67.2 Å². The second-order valence-electron chi connectivity index (χ2n) is 12.1. The van der Waals surface area contributed by atoms with Crippen LogP contribution in [0.25, 0.3) is 0 Å². The molecule has 0 aliphatic heterocycles. The smallest absolute Gasteiger partial charge is 0.120 e. The van der Waals surface area contributed by atoms with E-state index in [9.17, 15) is 5.11 Å². The van der Waals surface area contributed by atoms with Crippen molar-refractivity contribution in [2.24, 2.45) is 17.3 Å². The van der Waals surface area contributed by atoms with Crippen LogP contribution in [0.3, 0.4) is 0 Å². The molecule has 3 aliphatic rings. The Morgan fingerprint density at radius 1 is 0.921 bits per heavy atom. The van der Waals surface area contributed by atoms with Gasteiger partial charge in [-0.3, -0.25) is 0 Å². The summed E-state index contributed by atoms with van der Waals surface area (Å²) >= 11 is 0. The van der Waals surface area contributed by atoms with E-state index in [1.54, 1.807) is 0 Å². The van der Waals surface area contributed by atoms with Crippen molar-refractivity contribution in [3.8, 4) is 5.75 Å². The van der Waals surface area contributed by atoms with Crippen molar-refractivity contribution in [2.75, 3.05) is 0 Å². The predicted molar refractivity (Wildman–Crippen MR) is 152 cm³/mol. The molecule has 6 atom stereocenters. The first-order valence-corrected chi connectivity index (χ1v) is 14.3. The second-order valence-corrected chi connectivity index (χ2v) is 12.1. The van der Waals surface area contributed by atoms with E-state index < -0.39 is 5.60 Å². The van der Waals surface area contributed by atoms with Gasteiger partial charge >= 0.3 is 0 Å². The molecule has 198 valence electrons. The lowest BCUT2D eigenvalue weighted by atomic mass is 9.49. The number of aliphatic hydroxyl groups is 1. The zero-order chi connectivity index (χ0) is 26.2. The van der Waals surface area contributed by atoms with Crippen LogP contribution in [0, 0.1) is 17.3 Å². The quantitative estimate of drug-likeness (QED) is 0.318. The molecule has 3 aromatic rings. The van der Waals surface area contributed by atoms with Gasteiger partial charge in [-0.15, -0.1) is 6.58 Å². The van der Waals surface area contributed by atoms with E-state index in [0.29, 0.717) is 31.5 Å². The molecule has 0 aromatic heterocycles. The summed E-state index contributed by atoms with van der Waals surface area (Å²) in [4.78, 5) is 0. The molecule has 3 unspecified atom stereocenters. The maximum Gasteiger partial charge on any atom is 0.120 e. The topological polar surface area (TPSA) is 38.7 Å². The van der Waals surface area contributed by atoms with Gasteiger partial charge in [0, 0.05) is 5.92 Å². The molecule has 3 aliphatic carbocycles. The maximum atomic E-state index is 12.4. The summed E-state index contributed by atoms with van der Waals surface area (Å²) in [5, 5.41) is 12.4. The van der Waals surface area contributed by atoms with Gasteiger partial charge in [0.25, 0.3) is 0 Å². The lowest BCUT2D eigenvalue weighted by molar-refractivity contribution is -0.151. The first-order valence-electron chi connectivity index (χ1n) is 14.3. The Kier molecular flexibility index (Phi) is 6.92. The molecule has 0 heterocycles. The molecule has 38 heavy (non-hydrogen) atoms. The molecule has 6 rings (SSSR count). The normalized spacial score (nSPS) is 31.6. The van der Waals surface area contributed by atoms with Crippen LogP contribution < -0.4 is 4.74 Å². The van der Waals surface area contributed by atoms with Gasteiger partial charge in [-0.1, -0.05) is 79.7 Å². The van der Waals surface area contributed by atoms with Gasteiger partial charge in [0.2, 0.25) is 0 Å². The maximum absolute atomic E-state index is 12.4. The van der Waals surface area contributed by atoms with Crippen molar-refractivity contribution in [2.45, 2.75) is 76.3 Å². The van der Waals surface area contributed by atoms with Crippen molar-refractivity contribution < 1.29 is 14.6 Å². The van der Waals surface area contributed by atoms with Crippen LogP contribution in [-0.4, -0.2) is 16.8 Å². The third kappa shape index (κ3) is 4.61. The highest BCUT2D eigenvalue weighted by Crippen LogP contribution is 2.65. The summed E-state index contributed by atoms with van der Waals surface area (Å²) in [7, 11) is 0. The van der Waals surface area contributed by atoms with Crippen LogP contribution in [0.5, 0.6) is 5.75 Å².